The highest BCUT2D eigenvalue weighted by Crippen LogP contribution is 2.30. The summed E-state index contributed by atoms with van der Waals surface area (Å²) >= 11 is 6.02. The Morgan fingerprint density at radius 3 is 2.16 bits per heavy atom. The van der Waals surface area contributed by atoms with Gasteiger partial charge in [0.2, 0.25) is 0 Å². The van der Waals surface area contributed by atoms with E-state index in [1.807, 2.05) is 24.3 Å². The fourth-order valence-corrected chi connectivity index (χ4v) is 3.43. The quantitative estimate of drug-likeness (QED) is 0.334. The number of nitrogens with zero attached hydrogens (tertiary/aromatic N) is 1. The second kappa shape index (κ2) is 9.00. The van der Waals surface area contributed by atoms with Crippen molar-refractivity contribution in [3.63, 3.8) is 0 Å². The number of aliphatic hydroxyl groups is 1. The van der Waals surface area contributed by atoms with Gasteiger partial charge in [0.05, 0.1) is 6.21 Å². The molecule has 0 aliphatic heterocycles. The monoisotopic (exact) mass is 430 g/mol. The third-order valence-corrected chi connectivity index (χ3v) is 5.04. The second-order valence-electron chi connectivity index (χ2n) is 6.85. The first-order chi connectivity index (χ1) is 15.1. The van der Waals surface area contributed by atoms with Crippen LogP contribution in [-0.4, -0.2) is 17.2 Å². The number of hydrogen-bond donors (Lipinski definition) is 2. The van der Waals surface area contributed by atoms with Crippen molar-refractivity contribution in [2.45, 2.75) is 5.60 Å². The van der Waals surface area contributed by atoms with Crippen molar-refractivity contribution in [1.82, 2.24) is 5.43 Å². The van der Waals surface area contributed by atoms with Gasteiger partial charge in [-0.15, -0.1) is 0 Å². The van der Waals surface area contributed by atoms with Crippen LogP contribution in [-0.2, 0) is 10.4 Å². The molecule has 5 nitrogen and oxygen atoms in total. The Kier molecular flexibility index (Phi) is 5.98. The van der Waals surface area contributed by atoms with Crippen LogP contribution >= 0.6 is 11.6 Å². The first-order valence-corrected chi connectivity index (χ1v) is 9.98. The van der Waals surface area contributed by atoms with Crippen LogP contribution in [0.1, 0.15) is 16.9 Å². The first kappa shape index (κ1) is 20.6. The number of rotatable bonds is 6. The van der Waals surface area contributed by atoms with Gasteiger partial charge in [-0.2, -0.15) is 5.10 Å². The van der Waals surface area contributed by atoms with Crippen molar-refractivity contribution >= 4 is 23.7 Å². The molecule has 4 aromatic rings. The van der Waals surface area contributed by atoms with Crippen molar-refractivity contribution < 1.29 is 14.3 Å². The molecule has 0 aliphatic rings. The maximum atomic E-state index is 13.0. The van der Waals surface area contributed by atoms with Crippen LogP contribution in [0.4, 0.5) is 0 Å². The van der Waals surface area contributed by atoms with Gasteiger partial charge in [-0.05, 0) is 35.4 Å². The molecule has 0 saturated carbocycles. The van der Waals surface area contributed by atoms with E-state index >= 15 is 0 Å². The number of nitrogens with one attached hydrogen (secondary N) is 1. The van der Waals surface area contributed by atoms with E-state index in [-0.39, 0.29) is 0 Å². The van der Waals surface area contributed by atoms with Crippen LogP contribution in [0.3, 0.4) is 0 Å². The summed E-state index contributed by atoms with van der Waals surface area (Å²) in [4.78, 5) is 13.0. The minimum absolute atomic E-state index is 0.440. The summed E-state index contributed by atoms with van der Waals surface area (Å²) < 4.78 is 5.74. The lowest BCUT2D eigenvalue weighted by atomic mass is 9.85. The standard InChI is InChI=1S/C25H19ClN2O3/c26-21-13-7-8-18(16-21)23-15-14-22(31-23)17-27-28-24(29)25(30,19-9-3-1-4-10-19)20-11-5-2-6-12-20/h1-17,30H,(H,28,29)/b27-17-. The van der Waals surface area contributed by atoms with E-state index in [4.69, 9.17) is 16.0 Å². The van der Waals surface area contributed by atoms with Gasteiger partial charge in [0.15, 0.2) is 5.60 Å². The van der Waals surface area contributed by atoms with Crippen molar-refractivity contribution in [2.24, 2.45) is 5.10 Å². The molecule has 154 valence electrons. The second-order valence-corrected chi connectivity index (χ2v) is 7.29. The van der Waals surface area contributed by atoms with Crippen LogP contribution in [0, 0.1) is 0 Å². The molecule has 0 unspecified atom stereocenters. The highest BCUT2D eigenvalue weighted by atomic mass is 35.5. The summed E-state index contributed by atoms with van der Waals surface area (Å²) in [6.07, 6.45) is 1.38. The van der Waals surface area contributed by atoms with E-state index in [2.05, 4.69) is 10.5 Å². The van der Waals surface area contributed by atoms with Gasteiger partial charge < -0.3 is 9.52 Å². The topological polar surface area (TPSA) is 74.8 Å². The van der Waals surface area contributed by atoms with E-state index < -0.39 is 11.5 Å². The third kappa shape index (κ3) is 4.43. The van der Waals surface area contributed by atoms with E-state index in [1.54, 1.807) is 72.8 Å². The predicted octanol–water partition coefficient (Wildman–Crippen LogP) is 4.99. The Balaban J connectivity index is 1.54. The molecule has 1 heterocycles. The molecule has 1 aromatic heterocycles. The Hall–Kier alpha value is -3.67. The van der Waals surface area contributed by atoms with Gasteiger partial charge in [0.25, 0.3) is 5.91 Å². The van der Waals surface area contributed by atoms with E-state index in [1.165, 1.54) is 6.21 Å². The number of amides is 1. The van der Waals surface area contributed by atoms with Gasteiger partial charge in [0.1, 0.15) is 11.5 Å². The summed E-state index contributed by atoms with van der Waals surface area (Å²) in [5.74, 6) is 0.390. The van der Waals surface area contributed by atoms with Crippen molar-refractivity contribution in [2.75, 3.05) is 0 Å². The number of carbonyl (C=O) groups is 1. The Bertz CT molecular complexity index is 1160. The Labute approximate surface area is 184 Å². The molecule has 0 aliphatic carbocycles. The smallest absolute Gasteiger partial charge is 0.281 e. The van der Waals surface area contributed by atoms with Crippen molar-refractivity contribution in [1.29, 1.82) is 0 Å². The number of carbonyl (C=O) groups excluding carboxylic acids is 1. The first-order valence-electron chi connectivity index (χ1n) is 9.60. The molecule has 0 spiro atoms. The average Bonchev–Trinajstić information content (AvgIpc) is 3.28. The Morgan fingerprint density at radius 1 is 0.903 bits per heavy atom. The summed E-state index contributed by atoms with van der Waals surface area (Å²) in [5.41, 5.74) is 2.24. The van der Waals surface area contributed by atoms with Crippen molar-refractivity contribution in [3.8, 4) is 11.3 Å². The van der Waals surface area contributed by atoms with Crippen LogP contribution < -0.4 is 5.43 Å². The largest absolute Gasteiger partial charge is 0.455 e. The highest BCUT2D eigenvalue weighted by molar-refractivity contribution is 6.30. The molecule has 0 saturated heterocycles. The van der Waals surface area contributed by atoms with E-state index in [9.17, 15) is 9.90 Å². The molecule has 0 radical (unpaired) electrons. The zero-order valence-electron chi connectivity index (χ0n) is 16.4. The average molecular weight is 431 g/mol. The van der Waals surface area contributed by atoms with Gasteiger partial charge in [0, 0.05) is 10.6 Å². The molecule has 31 heavy (non-hydrogen) atoms. The molecule has 3 aromatic carbocycles. The number of halogens is 1. The maximum absolute atomic E-state index is 13.0. The summed E-state index contributed by atoms with van der Waals surface area (Å²) in [6, 6.07) is 28.3. The molecule has 6 heteroatoms. The molecule has 0 fully saturated rings. The molecule has 4 rings (SSSR count). The van der Waals surface area contributed by atoms with Gasteiger partial charge in [-0.3, -0.25) is 4.79 Å². The fourth-order valence-electron chi connectivity index (χ4n) is 3.24. The SMILES string of the molecule is O=C(N/N=C\c1ccc(-c2cccc(Cl)c2)o1)C(O)(c1ccccc1)c1ccccc1. The van der Waals surface area contributed by atoms with E-state index in [0.717, 1.165) is 5.56 Å². The normalized spacial score (nSPS) is 11.5. The number of benzene rings is 3. The molecular formula is C25H19ClN2O3. The van der Waals surface area contributed by atoms with E-state index in [0.29, 0.717) is 27.7 Å². The van der Waals surface area contributed by atoms with Crippen LogP contribution in [0.2, 0.25) is 5.02 Å². The zero-order chi connectivity index (χ0) is 21.7. The lowest BCUT2D eigenvalue weighted by Crippen LogP contribution is -2.43. The molecule has 0 bridgehead atoms. The van der Waals surface area contributed by atoms with Gasteiger partial charge in [-0.1, -0.05) is 84.4 Å². The lowest BCUT2D eigenvalue weighted by molar-refractivity contribution is -0.136. The number of furan rings is 1. The minimum Gasteiger partial charge on any atom is -0.455 e. The van der Waals surface area contributed by atoms with Crippen LogP contribution in [0.25, 0.3) is 11.3 Å². The highest BCUT2D eigenvalue weighted by Gasteiger charge is 2.39. The molecule has 0 atom stereocenters. The van der Waals surface area contributed by atoms with Gasteiger partial charge in [-0.25, -0.2) is 5.43 Å². The zero-order valence-corrected chi connectivity index (χ0v) is 17.2. The van der Waals surface area contributed by atoms with Crippen LogP contribution in [0.15, 0.2) is 107 Å². The third-order valence-electron chi connectivity index (χ3n) is 4.81. The summed E-state index contributed by atoms with van der Waals surface area (Å²) in [6.45, 7) is 0. The molecular weight excluding hydrogens is 412 g/mol. The summed E-state index contributed by atoms with van der Waals surface area (Å²) in [5, 5.41) is 16.0. The number of hydrazone groups is 1. The Morgan fingerprint density at radius 2 is 1.55 bits per heavy atom. The van der Waals surface area contributed by atoms with Gasteiger partial charge >= 0.3 is 0 Å². The minimum atomic E-state index is -1.89. The fraction of sp³-hybridized carbons (Fsp3) is 0.0400. The molecule has 2 N–H and O–H groups in total. The molecule has 1 amide bonds. The lowest BCUT2D eigenvalue weighted by Gasteiger charge is -2.26. The van der Waals surface area contributed by atoms with Crippen molar-refractivity contribution in [3.05, 3.63) is 119 Å². The predicted molar refractivity (Wildman–Crippen MR) is 121 cm³/mol. The summed E-state index contributed by atoms with van der Waals surface area (Å²) in [7, 11) is 0. The maximum Gasteiger partial charge on any atom is 0.281 e. The number of hydrogen-bond acceptors (Lipinski definition) is 4. The van der Waals surface area contributed by atoms with Crippen LogP contribution in [0.5, 0.6) is 0 Å².